The Labute approximate surface area is 110 Å². The van der Waals surface area contributed by atoms with Gasteiger partial charge in [0.15, 0.2) is 17.6 Å². The molecule has 1 aliphatic heterocycles. The smallest absolute Gasteiger partial charge is 0.335 e. The minimum absolute atomic E-state index is 0.210. The van der Waals surface area contributed by atoms with E-state index in [0.29, 0.717) is 12.4 Å². The Morgan fingerprint density at radius 3 is 2.42 bits per heavy atom. The van der Waals surface area contributed by atoms with Crippen LogP contribution in [0.4, 0.5) is 0 Å². The zero-order valence-electron chi connectivity index (χ0n) is 10.1. The predicted molar refractivity (Wildman–Crippen MR) is 68.7 cm³/mol. The molecule has 0 saturated carbocycles. The number of carboxylic acids is 1. The van der Waals surface area contributed by atoms with Gasteiger partial charge in [-0.25, -0.2) is 4.79 Å². The molecule has 1 heterocycles. The van der Waals surface area contributed by atoms with Crippen molar-refractivity contribution in [1.82, 2.24) is 0 Å². The van der Waals surface area contributed by atoms with Gasteiger partial charge in [0, 0.05) is 0 Å². The quantitative estimate of drug-likeness (QED) is 0.897. The number of rotatable bonds is 2. The van der Waals surface area contributed by atoms with Crippen LogP contribution in [0.25, 0.3) is 0 Å². The van der Waals surface area contributed by atoms with E-state index in [9.17, 15) is 4.79 Å². The van der Waals surface area contributed by atoms with Gasteiger partial charge in [-0.2, -0.15) is 0 Å². The van der Waals surface area contributed by atoms with E-state index in [4.69, 9.17) is 14.6 Å². The van der Waals surface area contributed by atoms with Crippen LogP contribution in [0.1, 0.15) is 22.0 Å². The number of aromatic carboxylic acids is 1. The summed E-state index contributed by atoms with van der Waals surface area (Å²) >= 11 is 0. The first-order valence-electron chi connectivity index (χ1n) is 5.96. The molecule has 0 bridgehead atoms. The van der Waals surface area contributed by atoms with Crippen molar-refractivity contribution in [1.29, 1.82) is 0 Å². The number of para-hydroxylation sites is 2. The third-order valence-electron chi connectivity index (χ3n) is 3.04. The van der Waals surface area contributed by atoms with Gasteiger partial charge in [0.25, 0.3) is 0 Å². The van der Waals surface area contributed by atoms with Crippen LogP contribution in [0.3, 0.4) is 0 Å². The van der Waals surface area contributed by atoms with Crippen molar-refractivity contribution < 1.29 is 19.4 Å². The minimum Gasteiger partial charge on any atom is -0.485 e. The first-order chi connectivity index (χ1) is 9.24. The molecule has 0 aromatic heterocycles. The molecule has 1 N–H and O–H groups in total. The average Bonchev–Trinajstić information content (AvgIpc) is 2.47. The lowest BCUT2D eigenvalue weighted by Crippen LogP contribution is -2.21. The summed E-state index contributed by atoms with van der Waals surface area (Å²) < 4.78 is 11.5. The first-order valence-corrected chi connectivity index (χ1v) is 5.96. The van der Waals surface area contributed by atoms with Crippen molar-refractivity contribution in [3.63, 3.8) is 0 Å². The molecule has 19 heavy (non-hydrogen) atoms. The summed E-state index contributed by atoms with van der Waals surface area (Å²) in [5.74, 6) is 0.514. The van der Waals surface area contributed by atoms with E-state index in [1.54, 1.807) is 24.3 Å². The lowest BCUT2D eigenvalue weighted by atomic mass is 10.1. The van der Waals surface area contributed by atoms with E-state index in [0.717, 1.165) is 11.3 Å². The highest BCUT2D eigenvalue weighted by Crippen LogP contribution is 2.35. The number of hydrogen-bond donors (Lipinski definition) is 1. The summed E-state index contributed by atoms with van der Waals surface area (Å²) in [6.45, 7) is 0.420. The molecule has 2 aromatic carbocycles. The molecule has 0 aliphatic carbocycles. The summed E-state index contributed by atoms with van der Waals surface area (Å²) in [6, 6.07) is 14.1. The van der Waals surface area contributed by atoms with Crippen molar-refractivity contribution in [2.45, 2.75) is 6.10 Å². The Morgan fingerprint density at radius 1 is 1.05 bits per heavy atom. The largest absolute Gasteiger partial charge is 0.485 e. The monoisotopic (exact) mass is 256 g/mol. The van der Waals surface area contributed by atoms with Gasteiger partial charge < -0.3 is 14.6 Å². The molecule has 0 saturated heterocycles. The molecule has 0 amide bonds. The van der Waals surface area contributed by atoms with Crippen LogP contribution >= 0.6 is 0 Å². The standard InChI is InChI=1S/C15H12O4/c16-15(17)11-7-5-10(6-8-11)14-9-18-12-3-1-2-4-13(12)19-14/h1-8,14H,9H2,(H,16,17). The molecule has 96 valence electrons. The van der Waals surface area contributed by atoms with Crippen molar-refractivity contribution in [3.05, 3.63) is 59.7 Å². The molecular weight excluding hydrogens is 244 g/mol. The number of carbonyl (C=O) groups is 1. The molecule has 1 atom stereocenters. The summed E-state index contributed by atoms with van der Waals surface area (Å²) in [6.07, 6.45) is -0.210. The van der Waals surface area contributed by atoms with Gasteiger partial charge in [-0.3, -0.25) is 0 Å². The molecule has 2 aromatic rings. The molecule has 4 nitrogen and oxygen atoms in total. The third kappa shape index (κ3) is 2.25. The highest BCUT2D eigenvalue weighted by Gasteiger charge is 2.22. The van der Waals surface area contributed by atoms with Crippen LogP contribution in [0.2, 0.25) is 0 Å². The van der Waals surface area contributed by atoms with E-state index < -0.39 is 5.97 Å². The number of carboxylic acid groups (broad SMARTS) is 1. The van der Waals surface area contributed by atoms with Gasteiger partial charge in [-0.1, -0.05) is 24.3 Å². The average molecular weight is 256 g/mol. The van der Waals surface area contributed by atoms with Crippen molar-refractivity contribution in [2.24, 2.45) is 0 Å². The fourth-order valence-electron chi connectivity index (χ4n) is 2.02. The van der Waals surface area contributed by atoms with Gasteiger partial charge in [0.2, 0.25) is 0 Å². The first kappa shape index (κ1) is 11.6. The van der Waals surface area contributed by atoms with Crippen LogP contribution in [0, 0.1) is 0 Å². The molecular formula is C15H12O4. The maximum absolute atomic E-state index is 10.8. The highest BCUT2D eigenvalue weighted by molar-refractivity contribution is 5.87. The molecule has 0 spiro atoms. The molecule has 3 rings (SSSR count). The topological polar surface area (TPSA) is 55.8 Å². The van der Waals surface area contributed by atoms with Crippen LogP contribution < -0.4 is 9.47 Å². The van der Waals surface area contributed by atoms with Crippen LogP contribution in [-0.2, 0) is 0 Å². The lowest BCUT2D eigenvalue weighted by molar-refractivity contribution is 0.0696. The summed E-state index contributed by atoms with van der Waals surface area (Å²) in [5, 5.41) is 8.86. The summed E-state index contributed by atoms with van der Waals surface area (Å²) in [4.78, 5) is 10.8. The molecule has 0 radical (unpaired) electrons. The number of ether oxygens (including phenoxy) is 2. The zero-order valence-corrected chi connectivity index (χ0v) is 10.1. The molecule has 0 fully saturated rings. The van der Waals surface area contributed by atoms with E-state index in [1.165, 1.54) is 0 Å². The van der Waals surface area contributed by atoms with Crippen molar-refractivity contribution in [3.8, 4) is 11.5 Å². The zero-order chi connectivity index (χ0) is 13.2. The predicted octanol–water partition coefficient (Wildman–Crippen LogP) is 2.90. The van der Waals surface area contributed by atoms with Gasteiger partial charge in [-0.05, 0) is 29.8 Å². The summed E-state index contributed by atoms with van der Waals surface area (Å²) in [5.41, 5.74) is 1.17. The second-order valence-electron chi connectivity index (χ2n) is 4.29. The molecule has 1 aliphatic rings. The Hall–Kier alpha value is -2.49. The van der Waals surface area contributed by atoms with Gasteiger partial charge in [-0.15, -0.1) is 0 Å². The van der Waals surface area contributed by atoms with E-state index in [-0.39, 0.29) is 11.7 Å². The van der Waals surface area contributed by atoms with E-state index >= 15 is 0 Å². The van der Waals surface area contributed by atoms with E-state index in [1.807, 2.05) is 24.3 Å². The summed E-state index contributed by atoms with van der Waals surface area (Å²) in [7, 11) is 0. The molecule has 4 heteroatoms. The maximum Gasteiger partial charge on any atom is 0.335 e. The second-order valence-corrected chi connectivity index (χ2v) is 4.29. The van der Waals surface area contributed by atoms with Gasteiger partial charge in [0.1, 0.15) is 6.61 Å². The maximum atomic E-state index is 10.8. The fourth-order valence-corrected chi connectivity index (χ4v) is 2.02. The van der Waals surface area contributed by atoms with Crippen LogP contribution in [0.15, 0.2) is 48.5 Å². The fraction of sp³-hybridized carbons (Fsp3) is 0.133. The SMILES string of the molecule is O=C(O)c1ccc(C2COc3ccccc3O2)cc1. The minimum atomic E-state index is -0.933. The Bertz CT molecular complexity index is 604. The lowest BCUT2D eigenvalue weighted by Gasteiger charge is -2.26. The molecule has 1 unspecified atom stereocenters. The normalized spacial score (nSPS) is 16.9. The highest BCUT2D eigenvalue weighted by atomic mass is 16.6. The van der Waals surface area contributed by atoms with Crippen molar-refractivity contribution >= 4 is 5.97 Å². The Morgan fingerprint density at radius 2 is 1.74 bits per heavy atom. The van der Waals surface area contributed by atoms with Crippen LogP contribution in [-0.4, -0.2) is 17.7 Å². The van der Waals surface area contributed by atoms with Crippen molar-refractivity contribution in [2.75, 3.05) is 6.61 Å². The van der Waals surface area contributed by atoms with Gasteiger partial charge in [0.05, 0.1) is 5.56 Å². The van der Waals surface area contributed by atoms with Gasteiger partial charge >= 0.3 is 5.97 Å². The second kappa shape index (κ2) is 4.65. The van der Waals surface area contributed by atoms with Crippen LogP contribution in [0.5, 0.6) is 11.5 Å². The third-order valence-corrected chi connectivity index (χ3v) is 3.04. The Kier molecular flexibility index (Phi) is 2.83. The van der Waals surface area contributed by atoms with E-state index in [2.05, 4.69) is 0 Å². The number of hydrogen-bond acceptors (Lipinski definition) is 3. The number of benzene rings is 2. The Balaban J connectivity index is 1.83. The number of fused-ring (bicyclic) bond motifs is 1.